The topological polar surface area (TPSA) is 81.4 Å². The van der Waals surface area contributed by atoms with Gasteiger partial charge in [0.05, 0.1) is 10.6 Å². The minimum atomic E-state index is -3.59. The van der Waals surface area contributed by atoms with Crippen molar-refractivity contribution in [2.45, 2.75) is 4.90 Å². The lowest BCUT2D eigenvalue weighted by Crippen LogP contribution is -2.18. The van der Waals surface area contributed by atoms with Gasteiger partial charge in [0, 0.05) is 4.47 Å². The van der Waals surface area contributed by atoms with E-state index in [1.807, 2.05) is 0 Å². The normalized spacial score (nSPS) is 11.4. The summed E-state index contributed by atoms with van der Waals surface area (Å²) in [5.41, 5.74) is 5.85. The molecule has 0 heterocycles. The maximum atomic E-state index is 13.6. The summed E-state index contributed by atoms with van der Waals surface area (Å²) in [7, 11) is -2.29. The van der Waals surface area contributed by atoms with E-state index in [9.17, 15) is 12.8 Å². The van der Waals surface area contributed by atoms with Gasteiger partial charge in [-0.3, -0.25) is 0 Å². The van der Waals surface area contributed by atoms with Crippen LogP contribution in [0.15, 0.2) is 45.8 Å². The van der Waals surface area contributed by atoms with Crippen LogP contribution in [-0.4, -0.2) is 15.5 Å². The number of anilines is 1. The van der Waals surface area contributed by atoms with Crippen LogP contribution in [0.1, 0.15) is 0 Å². The number of nitrogens with one attached hydrogen (secondary N) is 1. The average molecular weight is 375 g/mol. The van der Waals surface area contributed by atoms with Gasteiger partial charge in [0.25, 0.3) is 0 Å². The molecule has 0 aromatic heterocycles. The second-order valence-corrected chi connectivity index (χ2v) is 6.89. The molecule has 0 spiro atoms. The Hall–Kier alpha value is -1.64. The van der Waals surface area contributed by atoms with Gasteiger partial charge in [-0.2, -0.15) is 0 Å². The van der Waals surface area contributed by atoms with Crippen LogP contribution in [0.4, 0.5) is 10.1 Å². The molecule has 5 nitrogen and oxygen atoms in total. The lowest BCUT2D eigenvalue weighted by molar-refractivity contribution is 0.443. The van der Waals surface area contributed by atoms with Gasteiger partial charge in [0.15, 0.2) is 17.3 Å². The fourth-order valence-electron chi connectivity index (χ4n) is 1.58. The molecular formula is C13H12BrFN2O3S. The zero-order valence-electron chi connectivity index (χ0n) is 10.9. The lowest BCUT2D eigenvalue weighted by atomic mass is 10.3. The molecule has 0 aliphatic rings. The summed E-state index contributed by atoms with van der Waals surface area (Å²) in [6, 6.07) is 8.18. The molecule has 0 radical (unpaired) electrons. The summed E-state index contributed by atoms with van der Waals surface area (Å²) in [6.07, 6.45) is 0. The number of rotatable bonds is 4. The Labute approximate surface area is 130 Å². The Balaban J connectivity index is 2.36. The van der Waals surface area contributed by atoms with E-state index in [-0.39, 0.29) is 22.1 Å². The van der Waals surface area contributed by atoms with E-state index in [1.165, 1.54) is 43.4 Å². The van der Waals surface area contributed by atoms with Crippen LogP contribution in [0, 0.1) is 5.82 Å². The number of hydrogen-bond acceptors (Lipinski definition) is 4. The van der Waals surface area contributed by atoms with Crippen molar-refractivity contribution in [2.24, 2.45) is 0 Å². The predicted octanol–water partition coefficient (Wildman–Crippen LogP) is 2.87. The highest BCUT2D eigenvalue weighted by atomic mass is 79.9. The zero-order valence-corrected chi connectivity index (χ0v) is 13.3. The van der Waals surface area contributed by atoms with Crippen molar-refractivity contribution in [3.63, 3.8) is 0 Å². The van der Waals surface area contributed by atoms with E-state index in [0.717, 1.165) is 0 Å². The van der Waals surface area contributed by atoms with Crippen LogP contribution in [-0.2, 0) is 10.0 Å². The van der Waals surface area contributed by atoms with Crippen LogP contribution in [0.5, 0.6) is 11.5 Å². The van der Waals surface area contributed by atoms with Gasteiger partial charge in [-0.1, -0.05) is 15.9 Å². The highest BCUT2D eigenvalue weighted by Gasteiger charge is 2.14. The molecule has 0 amide bonds. The van der Waals surface area contributed by atoms with Crippen LogP contribution < -0.4 is 15.2 Å². The Morgan fingerprint density at radius 3 is 2.52 bits per heavy atom. The Morgan fingerprint density at radius 2 is 1.90 bits per heavy atom. The first kappa shape index (κ1) is 15.7. The van der Waals surface area contributed by atoms with Crippen LogP contribution in [0.3, 0.4) is 0 Å². The van der Waals surface area contributed by atoms with Gasteiger partial charge in [0.1, 0.15) is 0 Å². The van der Waals surface area contributed by atoms with Gasteiger partial charge in [-0.25, -0.2) is 17.5 Å². The van der Waals surface area contributed by atoms with Crippen LogP contribution in [0.25, 0.3) is 0 Å². The molecule has 3 N–H and O–H groups in total. The minimum absolute atomic E-state index is 0.00423. The van der Waals surface area contributed by atoms with Crippen molar-refractivity contribution in [3.05, 3.63) is 46.7 Å². The maximum absolute atomic E-state index is 13.6. The monoisotopic (exact) mass is 374 g/mol. The minimum Gasteiger partial charge on any atom is -0.452 e. The first-order valence-corrected chi connectivity index (χ1v) is 8.07. The summed E-state index contributed by atoms with van der Waals surface area (Å²) >= 11 is 3.21. The summed E-state index contributed by atoms with van der Waals surface area (Å²) in [5.74, 6) is -0.396. The molecule has 0 aliphatic carbocycles. The Morgan fingerprint density at radius 1 is 1.19 bits per heavy atom. The fourth-order valence-corrected chi connectivity index (χ4v) is 2.68. The van der Waals surface area contributed by atoms with Gasteiger partial charge in [0.2, 0.25) is 10.0 Å². The Bertz CT molecular complexity index is 781. The average Bonchev–Trinajstić information content (AvgIpc) is 2.44. The molecule has 0 bridgehead atoms. The highest BCUT2D eigenvalue weighted by molar-refractivity contribution is 9.10. The third-order valence-electron chi connectivity index (χ3n) is 2.67. The number of benzene rings is 2. The molecule has 2 aromatic carbocycles. The van der Waals surface area contributed by atoms with E-state index in [0.29, 0.717) is 4.47 Å². The van der Waals surface area contributed by atoms with Gasteiger partial charge >= 0.3 is 0 Å². The van der Waals surface area contributed by atoms with E-state index in [1.54, 1.807) is 0 Å². The SMILES string of the molecule is CNS(=O)(=O)c1ccc(Oc2cc(Br)ccc2F)c(N)c1. The number of nitrogens with two attached hydrogens (primary N) is 1. The molecular weight excluding hydrogens is 363 g/mol. The van der Waals surface area contributed by atoms with E-state index in [2.05, 4.69) is 20.7 Å². The number of halogens is 2. The number of nitrogen functional groups attached to an aromatic ring is 1. The quantitative estimate of drug-likeness (QED) is 0.806. The molecule has 0 unspecified atom stereocenters. The van der Waals surface area contributed by atoms with E-state index < -0.39 is 15.8 Å². The standard InChI is InChI=1S/C13H12BrFN2O3S/c1-17-21(18,19)9-3-5-12(11(16)7-9)20-13-6-8(14)2-4-10(13)15/h2-7,17H,16H2,1H3. The first-order chi connectivity index (χ1) is 9.83. The van der Waals surface area contributed by atoms with Gasteiger partial charge < -0.3 is 10.5 Å². The first-order valence-electron chi connectivity index (χ1n) is 5.79. The smallest absolute Gasteiger partial charge is 0.240 e. The summed E-state index contributed by atoms with van der Waals surface area (Å²) in [6.45, 7) is 0. The van der Waals surface area contributed by atoms with Crippen LogP contribution in [0.2, 0.25) is 0 Å². The van der Waals surface area contributed by atoms with Crippen molar-refractivity contribution >= 4 is 31.6 Å². The molecule has 0 aliphatic heterocycles. The van der Waals surface area contributed by atoms with Crippen LogP contribution >= 0.6 is 15.9 Å². The van der Waals surface area contributed by atoms with E-state index >= 15 is 0 Å². The molecule has 21 heavy (non-hydrogen) atoms. The molecule has 0 atom stereocenters. The molecule has 2 rings (SSSR count). The largest absolute Gasteiger partial charge is 0.452 e. The second kappa shape index (κ2) is 6.00. The van der Waals surface area contributed by atoms with Crippen molar-refractivity contribution in [3.8, 4) is 11.5 Å². The van der Waals surface area contributed by atoms with E-state index in [4.69, 9.17) is 10.5 Å². The molecule has 0 saturated carbocycles. The zero-order chi connectivity index (χ0) is 15.6. The predicted molar refractivity (Wildman–Crippen MR) is 81.3 cm³/mol. The molecule has 0 fully saturated rings. The lowest BCUT2D eigenvalue weighted by Gasteiger charge is -2.11. The third kappa shape index (κ3) is 3.52. The summed E-state index contributed by atoms with van der Waals surface area (Å²) in [5, 5.41) is 0. The number of hydrogen-bond donors (Lipinski definition) is 2. The maximum Gasteiger partial charge on any atom is 0.240 e. The van der Waals surface area contributed by atoms with Crippen molar-refractivity contribution < 1.29 is 17.5 Å². The third-order valence-corrected chi connectivity index (χ3v) is 4.58. The number of ether oxygens (including phenoxy) is 1. The second-order valence-electron chi connectivity index (χ2n) is 4.08. The highest BCUT2D eigenvalue weighted by Crippen LogP contribution is 2.32. The number of sulfonamides is 1. The molecule has 2 aromatic rings. The van der Waals surface area contributed by atoms with Crippen molar-refractivity contribution in [2.75, 3.05) is 12.8 Å². The molecule has 8 heteroatoms. The van der Waals surface area contributed by atoms with Crippen molar-refractivity contribution in [1.29, 1.82) is 0 Å². The fraction of sp³-hybridized carbons (Fsp3) is 0.0769. The summed E-state index contributed by atoms with van der Waals surface area (Å²) in [4.78, 5) is 0.00423. The van der Waals surface area contributed by atoms with Crippen molar-refractivity contribution in [1.82, 2.24) is 4.72 Å². The molecule has 112 valence electrons. The van der Waals surface area contributed by atoms with Gasteiger partial charge in [-0.15, -0.1) is 0 Å². The molecule has 0 saturated heterocycles. The van der Waals surface area contributed by atoms with Gasteiger partial charge in [-0.05, 0) is 43.4 Å². The Kier molecular flexibility index (Phi) is 4.50. The summed E-state index contributed by atoms with van der Waals surface area (Å²) < 4.78 is 45.1.